The third kappa shape index (κ3) is 4.42. The van der Waals surface area contributed by atoms with Gasteiger partial charge >= 0.3 is 0 Å². The Labute approximate surface area is 220 Å². The van der Waals surface area contributed by atoms with Crippen molar-refractivity contribution in [2.75, 3.05) is 12.0 Å². The summed E-state index contributed by atoms with van der Waals surface area (Å²) in [5, 5.41) is 0. The number of carbonyl (C=O) groups is 3. The molecule has 3 aromatic carbocycles. The highest BCUT2D eigenvalue weighted by Crippen LogP contribution is 2.34. The van der Waals surface area contributed by atoms with Crippen LogP contribution >= 0.6 is 0 Å². The third-order valence-corrected chi connectivity index (χ3v) is 7.17. The molecule has 8 nitrogen and oxygen atoms in total. The normalized spacial score (nSPS) is 15.8. The van der Waals surface area contributed by atoms with Gasteiger partial charge in [0.25, 0.3) is 11.8 Å². The SMILES string of the molecule is CCC(C)(C)N(C(=O)c1ccc(OC)cc1)C1CC(=O)N(c2ccc(-c3nc4ccccc4o3)cc2)C1=O. The molecule has 8 heteroatoms. The number of rotatable bonds is 7. The van der Waals surface area contributed by atoms with Gasteiger partial charge < -0.3 is 14.1 Å². The van der Waals surface area contributed by atoms with E-state index in [0.717, 1.165) is 11.1 Å². The van der Waals surface area contributed by atoms with Crippen molar-refractivity contribution < 1.29 is 23.5 Å². The Morgan fingerprint density at radius 2 is 1.74 bits per heavy atom. The van der Waals surface area contributed by atoms with E-state index >= 15 is 0 Å². The average Bonchev–Trinajstić information content (AvgIpc) is 3.49. The second kappa shape index (κ2) is 9.78. The van der Waals surface area contributed by atoms with Gasteiger partial charge in [-0.1, -0.05) is 19.1 Å². The minimum Gasteiger partial charge on any atom is -0.497 e. The molecule has 194 valence electrons. The molecule has 1 saturated heterocycles. The monoisotopic (exact) mass is 511 g/mol. The van der Waals surface area contributed by atoms with E-state index in [1.165, 1.54) is 4.90 Å². The van der Waals surface area contributed by atoms with Crippen LogP contribution in [0.25, 0.3) is 22.6 Å². The van der Waals surface area contributed by atoms with E-state index in [4.69, 9.17) is 9.15 Å². The number of carbonyl (C=O) groups excluding carboxylic acids is 3. The molecule has 2 heterocycles. The molecular formula is C30H29N3O5. The van der Waals surface area contributed by atoms with E-state index < -0.39 is 17.5 Å². The van der Waals surface area contributed by atoms with Gasteiger partial charge in [-0.15, -0.1) is 0 Å². The summed E-state index contributed by atoms with van der Waals surface area (Å²) < 4.78 is 11.0. The van der Waals surface area contributed by atoms with E-state index in [9.17, 15) is 14.4 Å². The predicted molar refractivity (Wildman–Crippen MR) is 144 cm³/mol. The molecule has 1 aromatic heterocycles. The molecular weight excluding hydrogens is 482 g/mol. The summed E-state index contributed by atoms with van der Waals surface area (Å²) >= 11 is 0. The summed E-state index contributed by atoms with van der Waals surface area (Å²) in [6.45, 7) is 5.77. The first kappa shape index (κ1) is 25.2. The van der Waals surface area contributed by atoms with E-state index in [-0.39, 0.29) is 18.2 Å². The van der Waals surface area contributed by atoms with Gasteiger partial charge in [0.2, 0.25) is 11.8 Å². The number of oxazole rings is 1. The van der Waals surface area contributed by atoms with E-state index in [2.05, 4.69) is 4.98 Å². The van der Waals surface area contributed by atoms with E-state index in [1.54, 1.807) is 60.5 Å². The summed E-state index contributed by atoms with van der Waals surface area (Å²) in [5.41, 5.74) is 2.36. The van der Waals surface area contributed by atoms with Gasteiger partial charge in [-0.2, -0.15) is 0 Å². The van der Waals surface area contributed by atoms with Crippen LogP contribution in [0.3, 0.4) is 0 Å². The molecule has 1 unspecified atom stereocenters. The van der Waals surface area contributed by atoms with Crippen LogP contribution in [0.2, 0.25) is 0 Å². The highest BCUT2D eigenvalue weighted by Gasteiger charge is 2.48. The molecule has 5 rings (SSSR count). The minimum atomic E-state index is -0.913. The largest absolute Gasteiger partial charge is 0.497 e. The molecule has 0 saturated carbocycles. The van der Waals surface area contributed by atoms with Gasteiger partial charge in [-0.3, -0.25) is 14.4 Å². The van der Waals surface area contributed by atoms with Gasteiger partial charge in [0.05, 0.1) is 19.2 Å². The zero-order valence-electron chi connectivity index (χ0n) is 21.8. The molecule has 1 aliphatic rings. The number of amides is 3. The molecule has 4 aromatic rings. The lowest BCUT2D eigenvalue weighted by Gasteiger charge is -2.41. The number of hydrogen-bond acceptors (Lipinski definition) is 6. The molecule has 38 heavy (non-hydrogen) atoms. The van der Waals surface area contributed by atoms with Gasteiger partial charge in [0, 0.05) is 16.7 Å². The molecule has 0 bridgehead atoms. The second-order valence-electron chi connectivity index (χ2n) is 9.89. The zero-order chi connectivity index (χ0) is 27.0. The van der Waals surface area contributed by atoms with Crippen molar-refractivity contribution in [2.45, 2.75) is 45.2 Å². The van der Waals surface area contributed by atoms with Gasteiger partial charge in [0.1, 0.15) is 17.3 Å². The van der Waals surface area contributed by atoms with Crippen LogP contribution in [0.5, 0.6) is 5.75 Å². The number of para-hydroxylation sites is 2. The summed E-state index contributed by atoms with van der Waals surface area (Å²) in [7, 11) is 1.56. The van der Waals surface area contributed by atoms with Crippen molar-refractivity contribution in [1.29, 1.82) is 0 Å². The Bertz CT molecular complexity index is 1470. The van der Waals surface area contributed by atoms with Gasteiger partial charge in [0.15, 0.2) is 5.58 Å². The molecule has 1 atom stereocenters. The minimum absolute atomic E-state index is 0.0863. The zero-order valence-corrected chi connectivity index (χ0v) is 21.8. The van der Waals surface area contributed by atoms with E-state index in [0.29, 0.717) is 34.9 Å². The number of imide groups is 1. The maximum Gasteiger partial charge on any atom is 0.257 e. The van der Waals surface area contributed by atoms with Gasteiger partial charge in [-0.05, 0) is 80.9 Å². The van der Waals surface area contributed by atoms with Crippen LogP contribution in [-0.4, -0.2) is 46.3 Å². The maximum atomic E-state index is 13.7. The summed E-state index contributed by atoms with van der Waals surface area (Å²) in [6, 6.07) is 20.3. The number of ether oxygens (including phenoxy) is 1. The number of anilines is 1. The lowest BCUT2D eigenvalue weighted by atomic mass is 9.94. The fourth-order valence-electron chi connectivity index (χ4n) is 4.72. The third-order valence-electron chi connectivity index (χ3n) is 7.17. The maximum absolute atomic E-state index is 13.7. The number of nitrogens with zero attached hydrogens (tertiary/aromatic N) is 3. The lowest BCUT2D eigenvalue weighted by Crippen LogP contribution is -2.55. The quantitative estimate of drug-likeness (QED) is 0.306. The fraction of sp³-hybridized carbons (Fsp3) is 0.267. The lowest BCUT2D eigenvalue weighted by molar-refractivity contribution is -0.123. The van der Waals surface area contributed by atoms with Crippen LogP contribution in [0.1, 0.15) is 44.0 Å². The van der Waals surface area contributed by atoms with Crippen molar-refractivity contribution in [3.63, 3.8) is 0 Å². The van der Waals surface area contributed by atoms with Crippen LogP contribution in [0.15, 0.2) is 77.2 Å². The number of hydrogen-bond donors (Lipinski definition) is 0. The second-order valence-corrected chi connectivity index (χ2v) is 9.89. The van der Waals surface area contributed by atoms with Gasteiger partial charge in [-0.25, -0.2) is 9.88 Å². The first-order chi connectivity index (χ1) is 18.2. The fourth-order valence-corrected chi connectivity index (χ4v) is 4.72. The highest BCUT2D eigenvalue weighted by atomic mass is 16.5. The number of aromatic nitrogens is 1. The number of fused-ring (bicyclic) bond motifs is 1. The molecule has 0 spiro atoms. The molecule has 1 fully saturated rings. The Morgan fingerprint density at radius 1 is 1.05 bits per heavy atom. The van der Waals surface area contributed by atoms with Crippen molar-refractivity contribution >= 4 is 34.5 Å². The molecule has 3 amide bonds. The first-order valence-electron chi connectivity index (χ1n) is 12.5. The Morgan fingerprint density at radius 3 is 2.37 bits per heavy atom. The van der Waals surface area contributed by atoms with Crippen LogP contribution < -0.4 is 9.64 Å². The molecule has 0 radical (unpaired) electrons. The van der Waals surface area contributed by atoms with Crippen molar-refractivity contribution in [1.82, 2.24) is 9.88 Å². The number of benzene rings is 3. The van der Waals surface area contributed by atoms with Crippen LogP contribution in [-0.2, 0) is 9.59 Å². The van der Waals surface area contributed by atoms with Crippen LogP contribution in [0.4, 0.5) is 5.69 Å². The van der Waals surface area contributed by atoms with Crippen LogP contribution in [0, 0.1) is 0 Å². The smallest absolute Gasteiger partial charge is 0.257 e. The van der Waals surface area contributed by atoms with Crippen molar-refractivity contribution in [3.8, 4) is 17.2 Å². The molecule has 0 aliphatic carbocycles. The highest BCUT2D eigenvalue weighted by molar-refractivity contribution is 6.23. The summed E-state index contributed by atoms with van der Waals surface area (Å²) in [6.07, 6.45) is 0.517. The molecule has 1 aliphatic heterocycles. The summed E-state index contributed by atoms with van der Waals surface area (Å²) in [5.74, 6) is -0.000965. The topological polar surface area (TPSA) is 92.9 Å². The number of methoxy groups -OCH3 is 1. The van der Waals surface area contributed by atoms with Crippen molar-refractivity contribution in [3.05, 3.63) is 78.4 Å². The Kier molecular flexibility index (Phi) is 6.48. The predicted octanol–water partition coefficient (Wildman–Crippen LogP) is 5.47. The standard InChI is InChI=1S/C30H29N3O5/c1-5-30(2,3)33(28(35)20-12-16-22(37-4)17-13-20)24-18-26(34)32(29(24)36)21-14-10-19(11-15-21)27-31-23-8-6-7-9-25(23)38-27/h6-17,24H,5,18H2,1-4H3. The molecule has 0 N–H and O–H groups in total. The Hall–Kier alpha value is -4.46. The van der Waals surface area contributed by atoms with Crippen molar-refractivity contribution in [2.24, 2.45) is 0 Å². The first-order valence-corrected chi connectivity index (χ1v) is 12.5. The van der Waals surface area contributed by atoms with E-state index in [1.807, 2.05) is 45.0 Å². The average molecular weight is 512 g/mol. The summed E-state index contributed by atoms with van der Waals surface area (Å²) in [4.78, 5) is 47.8. The Balaban J connectivity index is 1.43.